The smallest absolute Gasteiger partial charge is 0.251 e. The Balaban J connectivity index is 1.34. The van der Waals surface area contributed by atoms with Gasteiger partial charge >= 0.3 is 0 Å². The minimum absolute atomic E-state index is 0.0380. The van der Waals surface area contributed by atoms with Gasteiger partial charge in [-0.25, -0.2) is 0 Å². The zero-order valence-corrected chi connectivity index (χ0v) is 14.4. The van der Waals surface area contributed by atoms with Gasteiger partial charge in [0, 0.05) is 12.3 Å². The van der Waals surface area contributed by atoms with Crippen LogP contribution in [-0.4, -0.2) is 35.5 Å². The van der Waals surface area contributed by atoms with E-state index in [-0.39, 0.29) is 12.5 Å². The Hall–Kier alpha value is -3.12. The fraction of sp³-hybridized carbons (Fsp3) is 0.200. The van der Waals surface area contributed by atoms with Crippen molar-refractivity contribution in [3.8, 4) is 5.75 Å². The minimum atomic E-state index is -0.241. The Kier molecular flexibility index (Phi) is 6.39. The molecular weight excluding hydrogens is 330 g/mol. The lowest BCUT2D eigenvalue weighted by Crippen LogP contribution is -2.20. The second-order valence-electron chi connectivity index (χ2n) is 5.65. The number of carbonyl (C=O) groups is 1. The van der Waals surface area contributed by atoms with Crippen molar-refractivity contribution < 1.29 is 14.3 Å². The number of para-hydroxylation sites is 1. The summed E-state index contributed by atoms with van der Waals surface area (Å²) in [4.78, 5) is 11.9. The average Bonchev–Trinajstić information content (AvgIpc) is 3.10. The van der Waals surface area contributed by atoms with E-state index in [1.54, 1.807) is 10.7 Å². The second kappa shape index (κ2) is 9.39. The molecule has 134 valence electrons. The van der Waals surface area contributed by atoms with Crippen molar-refractivity contribution in [2.24, 2.45) is 0 Å². The van der Waals surface area contributed by atoms with Gasteiger partial charge in [0.2, 0.25) is 0 Å². The lowest BCUT2D eigenvalue weighted by Gasteiger charge is -2.07. The highest BCUT2D eigenvalue weighted by Crippen LogP contribution is 2.08. The van der Waals surface area contributed by atoms with Crippen LogP contribution in [-0.2, 0) is 16.1 Å². The van der Waals surface area contributed by atoms with Crippen molar-refractivity contribution in [2.75, 3.05) is 25.1 Å². The van der Waals surface area contributed by atoms with Gasteiger partial charge in [-0.2, -0.15) is 5.10 Å². The maximum atomic E-state index is 11.9. The van der Waals surface area contributed by atoms with Gasteiger partial charge in [-0.3, -0.25) is 9.48 Å². The summed E-state index contributed by atoms with van der Waals surface area (Å²) in [6.07, 6.45) is 1.83. The highest BCUT2D eigenvalue weighted by molar-refractivity contribution is 5.90. The summed E-state index contributed by atoms with van der Waals surface area (Å²) in [6, 6.07) is 21.3. The predicted octanol–water partition coefficient (Wildman–Crippen LogP) is 2.97. The van der Waals surface area contributed by atoms with E-state index in [4.69, 9.17) is 9.47 Å². The third-order valence-electron chi connectivity index (χ3n) is 3.57. The summed E-state index contributed by atoms with van der Waals surface area (Å²) in [5.41, 5.74) is 1.15. The van der Waals surface area contributed by atoms with Crippen molar-refractivity contribution >= 4 is 11.7 Å². The molecule has 6 heteroatoms. The van der Waals surface area contributed by atoms with Gasteiger partial charge in [0.25, 0.3) is 5.91 Å². The quantitative estimate of drug-likeness (QED) is 0.602. The van der Waals surface area contributed by atoms with Crippen LogP contribution in [0.2, 0.25) is 0 Å². The zero-order chi connectivity index (χ0) is 18.0. The molecule has 6 nitrogen and oxygen atoms in total. The van der Waals surface area contributed by atoms with Gasteiger partial charge in [-0.15, -0.1) is 0 Å². The summed E-state index contributed by atoms with van der Waals surface area (Å²) in [5.74, 6) is 1.05. The molecule has 1 heterocycles. The molecule has 2 aromatic carbocycles. The van der Waals surface area contributed by atoms with E-state index < -0.39 is 0 Å². The number of aromatic nitrogens is 2. The largest absolute Gasteiger partial charge is 0.491 e. The van der Waals surface area contributed by atoms with Crippen molar-refractivity contribution in [1.29, 1.82) is 0 Å². The zero-order valence-electron chi connectivity index (χ0n) is 14.4. The van der Waals surface area contributed by atoms with Crippen LogP contribution in [0.3, 0.4) is 0 Å². The van der Waals surface area contributed by atoms with Crippen LogP contribution in [0.1, 0.15) is 5.56 Å². The lowest BCUT2D eigenvalue weighted by atomic mass is 10.2. The van der Waals surface area contributed by atoms with Crippen LogP contribution in [0.15, 0.2) is 72.9 Å². The highest BCUT2D eigenvalue weighted by Gasteiger charge is 2.06. The van der Waals surface area contributed by atoms with Crippen molar-refractivity contribution in [2.45, 2.75) is 6.54 Å². The van der Waals surface area contributed by atoms with Gasteiger partial charge in [-0.05, 0) is 17.7 Å². The molecule has 1 aromatic heterocycles. The number of nitrogens with one attached hydrogen (secondary N) is 1. The number of nitrogens with zero attached hydrogens (tertiary/aromatic N) is 2. The number of carbonyl (C=O) groups excluding carboxylic acids is 1. The molecule has 1 amide bonds. The van der Waals surface area contributed by atoms with Crippen LogP contribution in [0.5, 0.6) is 5.75 Å². The van der Waals surface area contributed by atoms with E-state index in [0.29, 0.717) is 25.6 Å². The van der Waals surface area contributed by atoms with E-state index in [1.165, 1.54) is 0 Å². The van der Waals surface area contributed by atoms with Crippen LogP contribution in [0.25, 0.3) is 0 Å². The maximum absolute atomic E-state index is 11.9. The summed E-state index contributed by atoms with van der Waals surface area (Å²) in [6.45, 7) is 1.35. The topological polar surface area (TPSA) is 65.4 Å². The second-order valence-corrected chi connectivity index (χ2v) is 5.65. The predicted molar refractivity (Wildman–Crippen MR) is 99.2 cm³/mol. The van der Waals surface area contributed by atoms with E-state index in [1.807, 2.05) is 66.9 Å². The van der Waals surface area contributed by atoms with Crippen LogP contribution < -0.4 is 10.1 Å². The van der Waals surface area contributed by atoms with E-state index >= 15 is 0 Å². The van der Waals surface area contributed by atoms with Crippen LogP contribution in [0.4, 0.5) is 5.82 Å². The molecule has 0 radical (unpaired) electrons. The first-order valence-corrected chi connectivity index (χ1v) is 8.42. The van der Waals surface area contributed by atoms with E-state index in [2.05, 4.69) is 10.4 Å². The molecule has 0 saturated carbocycles. The molecule has 26 heavy (non-hydrogen) atoms. The first-order chi connectivity index (χ1) is 12.8. The van der Waals surface area contributed by atoms with Crippen molar-refractivity contribution in [1.82, 2.24) is 9.78 Å². The fourth-order valence-corrected chi connectivity index (χ4v) is 2.37. The summed E-state index contributed by atoms with van der Waals surface area (Å²) in [7, 11) is 0. The minimum Gasteiger partial charge on any atom is -0.491 e. The fourth-order valence-electron chi connectivity index (χ4n) is 2.37. The third-order valence-corrected chi connectivity index (χ3v) is 3.57. The Morgan fingerprint density at radius 1 is 0.962 bits per heavy atom. The van der Waals surface area contributed by atoms with E-state index in [9.17, 15) is 4.79 Å². The number of rotatable bonds is 9. The molecule has 0 spiro atoms. The molecule has 0 atom stereocenters. The van der Waals surface area contributed by atoms with Crippen molar-refractivity contribution in [3.05, 3.63) is 78.5 Å². The third kappa shape index (κ3) is 5.75. The standard InChI is InChI=1S/C20H21N3O3/c24-20(16-25-13-14-26-18-9-5-2-6-10-18)21-19-11-12-23(22-19)15-17-7-3-1-4-8-17/h1-12H,13-16H2,(H,21,22,24). The first kappa shape index (κ1) is 17.7. The molecular formula is C20H21N3O3. The number of hydrogen-bond donors (Lipinski definition) is 1. The normalized spacial score (nSPS) is 10.5. The van der Waals surface area contributed by atoms with Gasteiger partial charge < -0.3 is 14.8 Å². The number of anilines is 1. The molecule has 0 aliphatic carbocycles. The Morgan fingerprint density at radius 2 is 1.69 bits per heavy atom. The molecule has 0 aliphatic heterocycles. The number of amides is 1. The number of ether oxygens (including phenoxy) is 2. The molecule has 3 aromatic rings. The van der Waals surface area contributed by atoms with Crippen LogP contribution >= 0.6 is 0 Å². The van der Waals surface area contributed by atoms with Crippen molar-refractivity contribution in [3.63, 3.8) is 0 Å². The number of benzene rings is 2. The summed E-state index contributed by atoms with van der Waals surface area (Å²) >= 11 is 0. The van der Waals surface area contributed by atoms with Gasteiger partial charge in [0.05, 0.1) is 13.2 Å². The molecule has 0 aliphatic rings. The molecule has 3 rings (SSSR count). The molecule has 1 N–H and O–H groups in total. The highest BCUT2D eigenvalue weighted by atomic mass is 16.5. The summed E-state index contributed by atoms with van der Waals surface area (Å²) in [5, 5.41) is 7.05. The SMILES string of the molecule is O=C(COCCOc1ccccc1)Nc1ccn(Cc2ccccc2)n1. The Bertz CT molecular complexity index is 803. The monoisotopic (exact) mass is 351 g/mol. The maximum Gasteiger partial charge on any atom is 0.251 e. The first-order valence-electron chi connectivity index (χ1n) is 8.42. The lowest BCUT2D eigenvalue weighted by molar-refractivity contribution is -0.120. The molecule has 0 unspecified atom stereocenters. The Labute approximate surface area is 152 Å². The molecule has 0 bridgehead atoms. The average molecular weight is 351 g/mol. The molecule has 0 fully saturated rings. The molecule has 0 saturated heterocycles. The van der Waals surface area contributed by atoms with Gasteiger partial charge in [0.15, 0.2) is 5.82 Å². The number of hydrogen-bond acceptors (Lipinski definition) is 4. The Morgan fingerprint density at radius 3 is 2.46 bits per heavy atom. The van der Waals surface area contributed by atoms with Gasteiger partial charge in [0.1, 0.15) is 19.0 Å². The van der Waals surface area contributed by atoms with E-state index in [0.717, 1.165) is 11.3 Å². The van der Waals surface area contributed by atoms with Crippen LogP contribution in [0, 0.1) is 0 Å². The van der Waals surface area contributed by atoms with Gasteiger partial charge in [-0.1, -0.05) is 48.5 Å². The summed E-state index contributed by atoms with van der Waals surface area (Å²) < 4.78 is 12.6.